The van der Waals surface area contributed by atoms with Crippen LogP contribution in [0, 0.1) is 0 Å². The van der Waals surface area contributed by atoms with Crippen LogP contribution >= 0.6 is 12.1 Å². The van der Waals surface area contributed by atoms with E-state index in [1.807, 2.05) is 30.3 Å². The van der Waals surface area contributed by atoms with Gasteiger partial charge in [0.15, 0.2) is 5.82 Å². The molecule has 2 aliphatic heterocycles. The largest absolute Gasteiger partial charge is 0.344 e. The van der Waals surface area contributed by atoms with E-state index in [-0.39, 0.29) is 6.17 Å². The molecule has 5 rings (SSSR count). The maximum absolute atomic E-state index is 11.4. The normalized spacial score (nSPS) is 18.4. The molecule has 0 fully saturated rings. The molecule has 0 aromatic heterocycles. The molecule has 5 nitrogen and oxygen atoms in total. The fourth-order valence-corrected chi connectivity index (χ4v) is 5.45. The molecule has 164 valence electrons. The van der Waals surface area contributed by atoms with E-state index < -0.39 is 0 Å². The molecule has 0 aliphatic carbocycles. The third-order valence-corrected chi connectivity index (χ3v) is 6.99. The van der Waals surface area contributed by atoms with Gasteiger partial charge < -0.3 is 4.90 Å². The highest BCUT2D eigenvalue weighted by molar-refractivity contribution is 8.02. The lowest BCUT2D eigenvalue weighted by molar-refractivity contribution is -0.118. The Morgan fingerprint density at radius 2 is 1.44 bits per heavy atom. The summed E-state index contributed by atoms with van der Waals surface area (Å²) in [5, 5.41) is 12.9. The summed E-state index contributed by atoms with van der Waals surface area (Å²) in [5.74, 6) is 0.864. The molecule has 3 aromatic rings. The van der Waals surface area contributed by atoms with Crippen LogP contribution in [0.25, 0.3) is 0 Å². The van der Waals surface area contributed by atoms with Crippen molar-refractivity contribution in [1.82, 2.24) is 9.96 Å². The van der Waals surface area contributed by atoms with Crippen LogP contribution in [0.3, 0.4) is 0 Å². The van der Waals surface area contributed by atoms with Gasteiger partial charge in [0, 0.05) is 12.2 Å². The highest BCUT2D eigenvalue weighted by Crippen LogP contribution is 2.45. The van der Waals surface area contributed by atoms with Gasteiger partial charge in [-0.15, -0.1) is 0 Å². The Kier molecular flexibility index (Phi) is 5.97. The molecule has 6 heteroatoms. The molecule has 1 atom stereocenters. The van der Waals surface area contributed by atoms with Crippen LogP contribution in [0.2, 0.25) is 0 Å². The van der Waals surface area contributed by atoms with E-state index in [9.17, 15) is 5.21 Å². The first-order valence-electron chi connectivity index (χ1n) is 11.1. The zero-order valence-electron chi connectivity index (χ0n) is 18.2. The van der Waals surface area contributed by atoms with E-state index >= 15 is 0 Å². The van der Waals surface area contributed by atoms with Crippen LogP contribution in [-0.2, 0) is 6.54 Å². The summed E-state index contributed by atoms with van der Waals surface area (Å²) in [6, 6.07) is 31.3. The number of hydrogen-bond acceptors (Lipinski definition) is 6. The molecule has 2 aliphatic rings. The van der Waals surface area contributed by atoms with Gasteiger partial charge in [0.05, 0.1) is 30.1 Å². The molecule has 0 saturated heterocycles. The van der Waals surface area contributed by atoms with Gasteiger partial charge in [-0.2, -0.15) is 0 Å². The Balaban J connectivity index is 1.59. The van der Waals surface area contributed by atoms with Gasteiger partial charge in [0.25, 0.3) is 0 Å². The topological polar surface area (TPSA) is 33.2 Å². The summed E-state index contributed by atoms with van der Waals surface area (Å²) in [6.07, 6.45) is 1.79. The highest BCUT2D eigenvalue weighted by Gasteiger charge is 2.44. The second-order valence-corrected chi connectivity index (χ2v) is 9.05. The molecule has 0 amide bonds. The number of benzene rings is 3. The number of anilines is 2. The lowest BCUT2D eigenvalue weighted by atomic mass is 10.1. The van der Waals surface area contributed by atoms with E-state index in [1.54, 1.807) is 12.1 Å². The van der Waals surface area contributed by atoms with Gasteiger partial charge in [-0.25, -0.2) is 9.37 Å². The van der Waals surface area contributed by atoms with Gasteiger partial charge in [0.2, 0.25) is 0 Å². The fourth-order valence-electron chi connectivity index (χ4n) is 4.37. The minimum Gasteiger partial charge on any atom is -0.344 e. The van der Waals surface area contributed by atoms with Crippen molar-refractivity contribution >= 4 is 23.5 Å². The second kappa shape index (κ2) is 9.18. The quantitative estimate of drug-likeness (QED) is 0.464. The van der Waals surface area contributed by atoms with Gasteiger partial charge in [0.1, 0.15) is 6.17 Å². The predicted octanol–water partition coefficient (Wildman–Crippen LogP) is 6.08. The molecule has 32 heavy (non-hydrogen) atoms. The lowest BCUT2D eigenvalue weighted by Gasteiger charge is -2.38. The van der Waals surface area contributed by atoms with Crippen LogP contribution in [-0.4, -0.2) is 27.9 Å². The maximum Gasteiger partial charge on any atom is 0.168 e. The molecule has 0 spiro atoms. The van der Waals surface area contributed by atoms with E-state index in [4.69, 9.17) is 0 Å². The number of rotatable bonds is 6. The number of nitrogens with zero attached hydrogens (tertiary/aromatic N) is 4. The molecule has 2 heterocycles. The van der Waals surface area contributed by atoms with Crippen LogP contribution in [0.1, 0.15) is 25.3 Å². The van der Waals surface area contributed by atoms with Crippen LogP contribution in [0.5, 0.6) is 0 Å². The molecule has 1 unspecified atom stereocenters. The van der Waals surface area contributed by atoms with Crippen molar-refractivity contribution in [3.8, 4) is 0 Å². The maximum atomic E-state index is 11.4. The number of hydrogen-bond donors (Lipinski definition) is 1. The van der Waals surface area contributed by atoms with Crippen molar-refractivity contribution in [2.75, 3.05) is 15.2 Å². The first-order valence-corrected chi connectivity index (χ1v) is 11.9. The minimum absolute atomic E-state index is 0.0901. The third-order valence-electron chi connectivity index (χ3n) is 5.91. The zero-order valence-corrected chi connectivity index (χ0v) is 19.0. The third kappa shape index (κ3) is 3.92. The number of para-hydroxylation sites is 2. The highest BCUT2D eigenvalue weighted by atomic mass is 32.2. The monoisotopic (exact) mass is 444 g/mol. The van der Waals surface area contributed by atoms with Gasteiger partial charge in [-0.1, -0.05) is 80.1 Å². The Bertz CT molecular complexity index is 1060. The Hall–Kier alpha value is -3.09. The SMILES string of the molecule is CCCC1N(O)C2=C(CN(c3ccccc3)SN2c2ccccc2)N1Cc1ccccc1. The molecular formula is C26H28N4OS. The summed E-state index contributed by atoms with van der Waals surface area (Å²) in [4.78, 5) is 2.37. The molecule has 0 radical (unpaired) electrons. The Morgan fingerprint density at radius 3 is 2.06 bits per heavy atom. The molecule has 0 saturated carbocycles. The summed E-state index contributed by atoms with van der Waals surface area (Å²) >= 11 is 1.63. The standard InChI is InChI=1S/C26H28N4OS/c1-2-12-25-27(19-21-13-6-3-7-14-21)24-20-28(22-15-8-4-9-16-22)32-30(26(24)29(25)31)23-17-10-5-11-18-23/h3-11,13-18,25,31H,2,12,19-20H2,1H3. The smallest absolute Gasteiger partial charge is 0.168 e. The summed E-state index contributed by atoms with van der Waals surface area (Å²) in [5.41, 5.74) is 4.57. The molecule has 0 bridgehead atoms. The molecule has 1 N–H and O–H groups in total. The van der Waals surface area contributed by atoms with Crippen LogP contribution in [0.4, 0.5) is 11.4 Å². The van der Waals surface area contributed by atoms with Gasteiger partial charge >= 0.3 is 0 Å². The predicted molar refractivity (Wildman–Crippen MR) is 132 cm³/mol. The zero-order chi connectivity index (χ0) is 21.9. The average molecular weight is 445 g/mol. The van der Waals surface area contributed by atoms with Crippen LogP contribution in [0.15, 0.2) is 103 Å². The summed E-state index contributed by atoms with van der Waals surface area (Å²) in [7, 11) is 0. The summed E-state index contributed by atoms with van der Waals surface area (Å²) < 4.78 is 4.45. The van der Waals surface area contributed by atoms with Crippen LogP contribution < -0.4 is 8.61 Å². The molecular weight excluding hydrogens is 416 g/mol. The van der Waals surface area contributed by atoms with Crippen molar-refractivity contribution in [2.24, 2.45) is 0 Å². The van der Waals surface area contributed by atoms with Crippen molar-refractivity contribution in [3.63, 3.8) is 0 Å². The van der Waals surface area contributed by atoms with Crippen molar-refractivity contribution in [3.05, 3.63) is 108 Å². The first-order chi connectivity index (χ1) is 15.8. The summed E-state index contributed by atoms with van der Waals surface area (Å²) in [6.45, 7) is 3.65. The van der Waals surface area contributed by atoms with Crippen molar-refractivity contribution in [2.45, 2.75) is 32.5 Å². The second-order valence-electron chi connectivity index (χ2n) is 8.08. The van der Waals surface area contributed by atoms with Gasteiger partial charge in [-0.05, 0) is 36.2 Å². The Morgan fingerprint density at radius 1 is 0.844 bits per heavy atom. The number of hydroxylamine groups is 2. The van der Waals surface area contributed by atoms with E-state index in [0.29, 0.717) is 0 Å². The van der Waals surface area contributed by atoms with E-state index in [2.05, 4.69) is 81.1 Å². The first kappa shape index (κ1) is 20.8. The average Bonchev–Trinajstić information content (AvgIpc) is 3.11. The Labute approximate surface area is 194 Å². The van der Waals surface area contributed by atoms with Crippen molar-refractivity contribution < 1.29 is 5.21 Å². The van der Waals surface area contributed by atoms with Gasteiger partial charge in [-0.3, -0.25) is 9.51 Å². The lowest BCUT2D eigenvalue weighted by Crippen LogP contribution is -2.39. The van der Waals surface area contributed by atoms with E-state index in [0.717, 1.165) is 48.8 Å². The van der Waals surface area contributed by atoms with E-state index in [1.165, 1.54) is 10.6 Å². The van der Waals surface area contributed by atoms with Crippen molar-refractivity contribution in [1.29, 1.82) is 0 Å². The fraction of sp³-hybridized carbons (Fsp3) is 0.231. The molecule has 3 aromatic carbocycles. The minimum atomic E-state index is -0.0901.